The Bertz CT molecular complexity index is 671. The molecule has 3 rings (SSSR count). The standard InChI is InChI=1S/C17H20O5S/c1-17(2)14(13-7-5-12(6-8-13)10-23(19)20)15(16(18)22-17)21-9-11-3-4-11/h5-8,11H,3-4,9-10H2,1-2H3,(H,19,20). The molecule has 1 unspecified atom stereocenters. The first-order valence-corrected chi connectivity index (χ1v) is 8.92. The fourth-order valence-corrected chi connectivity index (χ4v) is 3.19. The van der Waals surface area contributed by atoms with Gasteiger partial charge in [-0.3, -0.25) is 0 Å². The van der Waals surface area contributed by atoms with Crippen molar-refractivity contribution in [3.63, 3.8) is 0 Å². The summed E-state index contributed by atoms with van der Waals surface area (Å²) in [4.78, 5) is 12.1. The first-order chi connectivity index (χ1) is 10.9. The highest BCUT2D eigenvalue weighted by molar-refractivity contribution is 7.78. The Morgan fingerprint density at radius 3 is 2.52 bits per heavy atom. The molecule has 0 aromatic heterocycles. The highest BCUT2D eigenvalue weighted by Gasteiger charge is 2.43. The number of rotatable bonds is 6. The van der Waals surface area contributed by atoms with Crippen molar-refractivity contribution in [2.24, 2.45) is 5.92 Å². The minimum absolute atomic E-state index is 0.0865. The zero-order valence-corrected chi connectivity index (χ0v) is 14.0. The number of ether oxygens (including phenoxy) is 2. The van der Waals surface area contributed by atoms with Gasteiger partial charge in [0.1, 0.15) is 5.60 Å². The summed E-state index contributed by atoms with van der Waals surface area (Å²) in [5.74, 6) is 0.497. The summed E-state index contributed by atoms with van der Waals surface area (Å²) in [6.07, 6.45) is 2.29. The monoisotopic (exact) mass is 336 g/mol. The fourth-order valence-electron chi connectivity index (χ4n) is 2.71. The Hall–Kier alpha value is -1.66. The van der Waals surface area contributed by atoms with Crippen molar-refractivity contribution in [2.45, 2.75) is 38.0 Å². The van der Waals surface area contributed by atoms with Gasteiger partial charge in [0.25, 0.3) is 0 Å². The van der Waals surface area contributed by atoms with Crippen LogP contribution in [0, 0.1) is 5.92 Å². The van der Waals surface area contributed by atoms with Crippen molar-refractivity contribution in [1.29, 1.82) is 0 Å². The molecule has 5 nitrogen and oxygen atoms in total. The highest BCUT2D eigenvalue weighted by Crippen LogP contribution is 2.41. The molecule has 0 radical (unpaired) electrons. The van der Waals surface area contributed by atoms with Crippen LogP contribution in [-0.4, -0.2) is 26.9 Å². The van der Waals surface area contributed by atoms with Crippen molar-refractivity contribution >= 4 is 22.6 Å². The third kappa shape index (κ3) is 3.64. The summed E-state index contributed by atoms with van der Waals surface area (Å²) in [5.41, 5.74) is 1.58. The molecule has 1 atom stereocenters. The van der Waals surface area contributed by atoms with Crippen molar-refractivity contribution in [3.8, 4) is 0 Å². The van der Waals surface area contributed by atoms with E-state index in [1.165, 1.54) is 0 Å². The summed E-state index contributed by atoms with van der Waals surface area (Å²) in [6.45, 7) is 4.22. The van der Waals surface area contributed by atoms with E-state index in [4.69, 9.17) is 14.0 Å². The van der Waals surface area contributed by atoms with E-state index >= 15 is 0 Å². The number of benzene rings is 1. The number of carbonyl (C=O) groups excluding carboxylic acids is 1. The summed E-state index contributed by atoms with van der Waals surface area (Å²) in [5, 5.41) is 0. The molecule has 1 aromatic carbocycles. The summed E-state index contributed by atoms with van der Waals surface area (Å²) in [6, 6.07) is 7.24. The zero-order valence-electron chi connectivity index (χ0n) is 13.2. The average Bonchev–Trinajstić information content (AvgIpc) is 3.23. The lowest BCUT2D eigenvalue weighted by molar-refractivity contribution is -0.147. The molecule has 23 heavy (non-hydrogen) atoms. The van der Waals surface area contributed by atoms with Gasteiger partial charge in [-0.1, -0.05) is 24.3 Å². The second kappa shape index (κ2) is 6.09. The van der Waals surface area contributed by atoms with Crippen LogP contribution in [0.4, 0.5) is 0 Å². The molecule has 2 aliphatic rings. The summed E-state index contributed by atoms with van der Waals surface area (Å²) in [7, 11) is 0. The number of cyclic esters (lactones) is 1. The van der Waals surface area contributed by atoms with E-state index in [-0.39, 0.29) is 5.75 Å². The minimum atomic E-state index is -1.87. The van der Waals surface area contributed by atoms with Gasteiger partial charge in [-0.05, 0) is 43.7 Å². The van der Waals surface area contributed by atoms with Gasteiger partial charge in [-0.2, -0.15) is 0 Å². The molecule has 0 spiro atoms. The summed E-state index contributed by atoms with van der Waals surface area (Å²) >= 11 is -1.87. The molecule has 1 aliphatic heterocycles. The third-order valence-electron chi connectivity index (χ3n) is 4.06. The zero-order chi connectivity index (χ0) is 16.6. The smallest absolute Gasteiger partial charge is 0.374 e. The molecule has 1 aromatic rings. The topological polar surface area (TPSA) is 72.8 Å². The minimum Gasteiger partial charge on any atom is -0.486 e. The SMILES string of the molecule is CC1(C)OC(=O)C(OCC2CC2)=C1c1ccc(CS(=O)O)cc1. The number of carbonyl (C=O) groups is 1. The quantitative estimate of drug-likeness (QED) is 0.639. The van der Waals surface area contributed by atoms with E-state index in [9.17, 15) is 9.00 Å². The molecule has 124 valence electrons. The van der Waals surface area contributed by atoms with E-state index in [1.54, 1.807) is 12.1 Å². The number of hydrogen-bond acceptors (Lipinski definition) is 4. The van der Waals surface area contributed by atoms with Crippen LogP contribution < -0.4 is 0 Å². The lowest BCUT2D eigenvalue weighted by Gasteiger charge is -2.21. The van der Waals surface area contributed by atoms with Crippen molar-refractivity contribution in [2.75, 3.05) is 6.61 Å². The first kappa shape index (κ1) is 16.2. The van der Waals surface area contributed by atoms with Crippen molar-refractivity contribution in [1.82, 2.24) is 0 Å². The van der Waals surface area contributed by atoms with Crippen LogP contribution in [-0.2, 0) is 31.1 Å². The summed E-state index contributed by atoms with van der Waals surface area (Å²) < 4.78 is 31.0. The highest BCUT2D eigenvalue weighted by atomic mass is 32.2. The van der Waals surface area contributed by atoms with Gasteiger partial charge < -0.3 is 14.0 Å². The van der Waals surface area contributed by atoms with E-state index in [1.807, 2.05) is 26.0 Å². The van der Waals surface area contributed by atoms with Gasteiger partial charge in [-0.25, -0.2) is 9.00 Å². The molecular formula is C17H20O5S. The lowest BCUT2D eigenvalue weighted by Crippen LogP contribution is -2.22. The first-order valence-electron chi connectivity index (χ1n) is 7.64. The number of hydrogen-bond donors (Lipinski definition) is 1. The Balaban J connectivity index is 1.90. The molecule has 1 heterocycles. The number of esters is 1. The van der Waals surface area contributed by atoms with Gasteiger partial charge in [0.15, 0.2) is 11.1 Å². The Kier molecular flexibility index (Phi) is 4.29. The predicted molar refractivity (Wildman–Crippen MR) is 86.7 cm³/mol. The van der Waals surface area contributed by atoms with E-state index < -0.39 is 22.7 Å². The second-order valence-corrected chi connectivity index (χ2v) is 7.45. The molecular weight excluding hydrogens is 316 g/mol. The van der Waals surface area contributed by atoms with Gasteiger partial charge in [-0.15, -0.1) is 0 Å². The van der Waals surface area contributed by atoms with Crippen LogP contribution in [0.3, 0.4) is 0 Å². The second-order valence-electron chi connectivity index (χ2n) is 6.52. The molecule has 0 saturated heterocycles. The van der Waals surface area contributed by atoms with E-state index in [0.717, 1.165) is 29.5 Å². The Morgan fingerprint density at radius 1 is 1.30 bits per heavy atom. The van der Waals surface area contributed by atoms with Crippen molar-refractivity contribution in [3.05, 3.63) is 41.2 Å². The third-order valence-corrected chi connectivity index (χ3v) is 4.64. The average molecular weight is 336 g/mol. The van der Waals surface area contributed by atoms with Crippen LogP contribution in [0.15, 0.2) is 30.0 Å². The van der Waals surface area contributed by atoms with Crippen molar-refractivity contribution < 1.29 is 23.0 Å². The maximum absolute atomic E-state index is 12.1. The van der Waals surface area contributed by atoms with Crippen LogP contribution in [0.2, 0.25) is 0 Å². The fraction of sp³-hybridized carbons (Fsp3) is 0.471. The Morgan fingerprint density at radius 2 is 1.96 bits per heavy atom. The van der Waals surface area contributed by atoms with Crippen LogP contribution in [0.1, 0.15) is 37.8 Å². The van der Waals surface area contributed by atoms with E-state index in [2.05, 4.69) is 0 Å². The van der Waals surface area contributed by atoms with Crippen LogP contribution in [0.25, 0.3) is 5.57 Å². The van der Waals surface area contributed by atoms with Gasteiger partial charge in [0.05, 0.1) is 17.9 Å². The molecule has 1 aliphatic carbocycles. The van der Waals surface area contributed by atoms with Gasteiger partial charge >= 0.3 is 5.97 Å². The molecule has 1 fully saturated rings. The van der Waals surface area contributed by atoms with Crippen LogP contribution >= 0.6 is 0 Å². The predicted octanol–water partition coefficient (Wildman–Crippen LogP) is 2.88. The maximum Gasteiger partial charge on any atom is 0.374 e. The van der Waals surface area contributed by atoms with E-state index in [0.29, 0.717) is 18.3 Å². The maximum atomic E-state index is 12.1. The Labute approximate surface area is 138 Å². The molecule has 0 amide bonds. The van der Waals surface area contributed by atoms with Gasteiger partial charge in [0.2, 0.25) is 5.76 Å². The largest absolute Gasteiger partial charge is 0.486 e. The molecule has 1 saturated carbocycles. The lowest BCUT2D eigenvalue weighted by atomic mass is 9.91. The normalized spacial score (nSPS) is 21.3. The van der Waals surface area contributed by atoms with Gasteiger partial charge in [0, 0.05) is 0 Å². The molecule has 0 bridgehead atoms. The molecule has 6 heteroatoms. The van der Waals surface area contributed by atoms with Crippen LogP contribution in [0.5, 0.6) is 0 Å². The molecule has 1 N–H and O–H groups in total.